The SMILES string of the molecule is O=Cc1ccc2c(c1)C(=O)OC2. The third-order valence-electron chi connectivity index (χ3n) is 1.85. The number of ether oxygens (including phenoxy) is 1. The van der Waals surface area contributed by atoms with Crippen molar-refractivity contribution in [3.63, 3.8) is 0 Å². The molecule has 1 heterocycles. The molecule has 1 aromatic rings. The highest BCUT2D eigenvalue weighted by Gasteiger charge is 2.20. The average molecular weight is 162 g/mol. The van der Waals surface area contributed by atoms with Crippen LogP contribution in [0.25, 0.3) is 0 Å². The summed E-state index contributed by atoms with van der Waals surface area (Å²) in [5.41, 5.74) is 1.87. The molecule has 0 fully saturated rings. The number of hydrogen-bond acceptors (Lipinski definition) is 3. The van der Waals surface area contributed by atoms with Crippen LogP contribution in [0.5, 0.6) is 0 Å². The maximum absolute atomic E-state index is 11.0. The van der Waals surface area contributed by atoms with Crippen LogP contribution in [0, 0.1) is 0 Å². The summed E-state index contributed by atoms with van der Waals surface area (Å²) >= 11 is 0. The van der Waals surface area contributed by atoms with Gasteiger partial charge in [0.25, 0.3) is 0 Å². The van der Waals surface area contributed by atoms with Crippen molar-refractivity contribution in [2.45, 2.75) is 6.61 Å². The molecular formula is C9H6O3. The minimum atomic E-state index is -0.339. The first-order valence-corrected chi connectivity index (χ1v) is 3.56. The summed E-state index contributed by atoms with van der Waals surface area (Å²) in [6.07, 6.45) is 0.714. The molecule has 3 heteroatoms. The van der Waals surface area contributed by atoms with E-state index in [1.807, 2.05) is 0 Å². The highest BCUT2D eigenvalue weighted by Crippen LogP contribution is 2.20. The van der Waals surface area contributed by atoms with Gasteiger partial charge in [0.05, 0.1) is 5.56 Å². The zero-order valence-electron chi connectivity index (χ0n) is 6.24. The Morgan fingerprint density at radius 1 is 1.42 bits per heavy atom. The first-order valence-electron chi connectivity index (χ1n) is 3.56. The Balaban J connectivity index is 2.57. The molecule has 0 bridgehead atoms. The fourth-order valence-corrected chi connectivity index (χ4v) is 1.20. The molecule has 12 heavy (non-hydrogen) atoms. The van der Waals surface area contributed by atoms with E-state index in [9.17, 15) is 9.59 Å². The van der Waals surface area contributed by atoms with Crippen LogP contribution in [0.3, 0.4) is 0 Å². The highest BCUT2D eigenvalue weighted by atomic mass is 16.5. The van der Waals surface area contributed by atoms with Crippen molar-refractivity contribution in [2.75, 3.05) is 0 Å². The van der Waals surface area contributed by atoms with Crippen molar-refractivity contribution in [1.82, 2.24) is 0 Å². The van der Waals surface area contributed by atoms with Gasteiger partial charge in [-0.25, -0.2) is 4.79 Å². The lowest BCUT2D eigenvalue weighted by Crippen LogP contribution is -1.94. The van der Waals surface area contributed by atoms with Crippen LogP contribution in [0.1, 0.15) is 26.3 Å². The Bertz CT molecular complexity index is 355. The lowest BCUT2D eigenvalue weighted by Gasteiger charge is -1.93. The number of esters is 1. The van der Waals surface area contributed by atoms with Gasteiger partial charge in [-0.1, -0.05) is 12.1 Å². The van der Waals surface area contributed by atoms with Gasteiger partial charge in [0.1, 0.15) is 12.9 Å². The Morgan fingerprint density at radius 2 is 2.25 bits per heavy atom. The number of rotatable bonds is 1. The van der Waals surface area contributed by atoms with Crippen molar-refractivity contribution >= 4 is 12.3 Å². The summed E-state index contributed by atoms with van der Waals surface area (Å²) in [4.78, 5) is 21.4. The van der Waals surface area contributed by atoms with Gasteiger partial charge in [-0.3, -0.25) is 4.79 Å². The van der Waals surface area contributed by atoms with E-state index in [1.54, 1.807) is 18.2 Å². The Kier molecular flexibility index (Phi) is 1.43. The maximum Gasteiger partial charge on any atom is 0.338 e. The fraction of sp³-hybridized carbons (Fsp3) is 0.111. The van der Waals surface area contributed by atoms with Crippen molar-refractivity contribution in [3.05, 3.63) is 34.9 Å². The predicted octanol–water partition coefficient (Wildman–Crippen LogP) is 1.17. The van der Waals surface area contributed by atoms with Crippen molar-refractivity contribution in [3.8, 4) is 0 Å². The number of benzene rings is 1. The van der Waals surface area contributed by atoms with E-state index in [0.717, 1.165) is 5.56 Å². The molecule has 0 unspecified atom stereocenters. The van der Waals surface area contributed by atoms with Crippen LogP contribution < -0.4 is 0 Å². The number of fused-ring (bicyclic) bond motifs is 1. The Morgan fingerprint density at radius 3 is 3.00 bits per heavy atom. The zero-order chi connectivity index (χ0) is 8.55. The van der Waals surface area contributed by atoms with Gasteiger partial charge in [-0.2, -0.15) is 0 Å². The van der Waals surface area contributed by atoms with E-state index >= 15 is 0 Å². The minimum Gasteiger partial charge on any atom is -0.457 e. The van der Waals surface area contributed by atoms with Gasteiger partial charge in [-0.05, 0) is 6.07 Å². The summed E-state index contributed by atoms with van der Waals surface area (Å²) < 4.78 is 4.77. The highest BCUT2D eigenvalue weighted by molar-refractivity contribution is 5.95. The van der Waals surface area contributed by atoms with E-state index < -0.39 is 0 Å². The van der Waals surface area contributed by atoms with Crippen LogP contribution >= 0.6 is 0 Å². The van der Waals surface area contributed by atoms with Gasteiger partial charge >= 0.3 is 5.97 Å². The van der Waals surface area contributed by atoms with Crippen LogP contribution in [-0.4, -0.2) is 12.3 Å². The third kappa shape index (κ3) is 0.906. The average Bonchev–Trinajstić information content (AvgIpc) is 2.47. The molecule has 0 radical (unpaired) electrons. The molecule has 1 aromatic carbocycles. The quantitative estimate of drug-likeness (QED) is 0.460. The second-order valence-corrected chi connectivity index (χ2v) is 2.61. The summed E-state index contributed by atoms with van der Waals surface area (Å²) in [6.45, 7) is 0.327. The normalized spacial score (nSPS) is 13.8. The summed E-state index contributed by atoms with van der Waals surface area (Å²) in [5, 5.41) is 0. The number of aldehydes is 1. The fourth-order valence-electron chi connectivity index (χ4n) is 1.20. The number of carbonyl (C=O) groups excluding carboxylic acids is 2. The van der Waals surface area contributed by atoms with Gasteiger partial charge in [0.2, 0.25) is 0 Å². The predicted molar refractivity (Wildman–Crippen MR) is 40.9 cm³/mol. The summed E-state index contributed by atoms with van der Waals surface area (Å²) in [7, 11) is 0. The van der Waals surface area contributed by atoms with E-state index in [-0.39, 0.29) is 5.97 Å². The molecule has 0 spiro atoms. The van der Waals surface area contributed by atoms with E-state index in [4.69, 9.17) is 4.74 Å². The Hall–Kier alpha value is -1.64. The number of hydrogen-bond donors (Lipinski definition) is 0. The van der Waals surface area contributed by atoms with Gasteiger partial charge in [0, 0.05) is 11.1 Å². The molecule has 1 aliphatic heterocycles. The zero-order valence-corrected chi connectivity index (χ0v) is 6.24. The molecule has 0 saturated heterocycles. The van der Waals surface area contributed by atoms with E-state index in [1.165, 1.54) is 0 Å². The number of carbonyl (C=O) groups is 2. The van der Waals surface area contributed by atoms with E-state index in [0.29, 0.717) is 24.0 Å². The first kappa shape index (κ1) is 7.03. The molecule has 0 aliphatic carbocycles. The topological polar surface area (TPSA) is 43.4 Å². The molecule has 0 saturated carbocycles. The Labute approximate surface area is 69.0 Å². The van der Waals surface area contributed by atoms with Gasteiger partial charge in [-0.15, -0.1) is 0 Å². The standard InChI is InChI=1S/C9H6O3/c10-4-6-1-2-7-5-12-9(11)8(7)3-6/h1-4H,5H2. The minimum absolute atomic E-state index is 0.327. The lowest BCUT2D eigenvalue weighted by molar-refractivity contribution is 0.0535. The monoisotopic (exact) mass is 162 g/mol. The molecule has 0 aromatic heterocycles. The molecule has 60 valence electrons. The number of cyclic esters (lactones) is 1. The molecule has 1 aliphatic rings. The second-order valence-electron chi connectivity index (χ2n) is 2.61. The third-order valence-corrected chi connectivity index (χ3v) is 1.85. The van der Waals surface area contributed by atoms with Crippen molar-refractivity contribution in [2.24, 2.45) is 0 Å². The van der Waals surface area contributed by atoms with Crippen LogP contribution in [0.2, 0.25) is 0 Å². The van der Waals surface area contributed by atoms with Crippen LogP contribution in [0.4, 0.5) is 0 Å². The smallest absolute Gasteiger partial charge is 0.338 e. The van der Waals surface area contributed by atoms with Crippen LogP contribution in [-0.2, 0) is 11.3 Å². The van der Waals surface area contributed by atoms with E-state index in [2.05, 4.69) is 0 Å². The van der Waals surface area contributed by atoms with Gasteiger partial charge in [0.15, 0.2) is 0 Å². The second kappa shape index (κ2) is 2.44. The molecule has 3 nitrogen and oxygen atoms in total. The van der Waals surface area contributed by atoms with Gasteiger partial charge < -0.3 is 4.74 Å². The largest absolute Gasteiger partial charge is 0.457 e. The maximum atomic E-state index is 11.0. The van der Waals surface area contributed by atoms with Crippen LogP contribution in [0.15, 0.2) is 18.2 Å². The van der Waals surface area contributed by atoms with Crippen molar-refractivity contribution in [1.29, 1.82) is 0 Å². The first-order chi connectivity index (χ1) is 5.81. The molecule has 0 amide bonds. The summed E-state index contributed by atoms with van der Waals surface area (Å²) in [6, 6.07) is 4.97. The lowest BCUT2D eigenvalue weighted by atomic mass is 10.1. The molecule has 0 atom stereocenters. The molecule has 0 N–H and O–H groups in total. The molecular weight excluding hydrogens is 156 g/mol. The van der Waals surface area contributed by atoms with Crippen molar-refractivity contribution < 1.29 is 14.3 Å². The summed E-state index contributed by atoms with van der Waals surface area (Å²) in [5.74, 6) is -0.339. The molecule has 2 rings (SSSR count).